The van der Waals surface area contributed by atoms with Crippen molar-refractivity contribution in [2.45, 2.75) is 6.92 Å². The Morgan fingerprint density at radius 1 is 1.62 bits per heavy atom. The number of esters is 1. The quantitative estimate of drug-likeness (QED) is 0.678. The van der Waals surface area contributed by atoms with E-state index in [2.05, 4.69) is 20.3 Å². The molecule has 8 heteroatoms. The molecule has 2 heterocycles. The topological polar surface area (TPSA) is 95.9 Å². The summed E-state index contributed by atoms with van der Waals surface area (Å²) in [6.07, 6.45) is 1.46. The molecule has 8 nitrogen and oxygen atoms in total. The molecule has 0 aliphatic heterocycles. The molecule has 0 N–H and O–H groups in total. The van der Waals surface area contributed by atoms with Crippen molar-refractivity contribution < 1.29 is 14.1 Å². The van der Waals surface area contributed by atoms with E-state index in [1.165, 1.54) is 11.0 Å². The highest BCUT2D eigenvalue weighted by atomic mass is 16.5. The van der Waals surface area contributed by atoms with E-state index >= 15 is 0 Å². The summed E-state index contributed by atoms with van der Waals surface area (Å²) in [5.74, 6) is -0.611. The zero-order valence-electron chi connectivity index (χ0n) is 8.75. The van der Waals surface area contributed by atoms with Crippen LogP contribution in [0.2, 0.25) is 0 Å². The van der Waals surface area contributed by atoms with Gasteiger partial charge in [-0.2, -0.15) is 14.9 Å². The van der Waals surface area contributed by atoms with Crippen molar-refractivity contribution in [1.82, 2.24) is 25.1 Å². The second-order valence-corrected chi connectivity index (χ2v) is 2.86. The Hall–Kier alpha value is -2.25. The van der Waals surface area contributed by atoms with Crippen LogP contribution in [0.4, 0.5) is 0 Å². The minimum absolute atomic E-state index is 0.123. The summed E-state index contributed by atoms with van der Waals surface area (Å²) in [5, 5.41) is 11.3. The highest BCUT2D eigenvalue weighted by Gasteiger charge is 2.18. The molecule has 84 valence electrons. The molecular weight excluding hydrogens is 214 g/mol. The van der Waals surface area contributed by atoms with Gasteiger partial charge >= 0.3 is 5.97 Å². The van der Waals surface area contributed by atoms with Gasteiger partial charge in [0, 0.05) is 7.05 Å². The molecule has 0 radical (unpaired) electrons. The van der Waals surface area contributed by atoms with Gasteiger partial charge in [0.25, 0.3) is 11.7 Å². The predicted octanol–water partition coefficient (Wildman–Crippen LogP) is 0.0418. The van der Waals surface area contributed by atoms with Crippen LogP contribution in [-0.2, 0) is 11.8 Å². The largest absolute Gasteiger partial charge is 0.460 e. The van der Waals surface area contributed by atoms with Gasteiger partial charge in [0.05, 0.1) is 12.8 Å². The van der Waals surface area contributed by atoms with Crippen LogP contribution in [-0.4, -0.2) is 37.7 Å². The van der Waals surface area contributed by atoms with Gasteiger partial charge < -0.3 is 9.26 Å². The van der Waals surface area contributed by atoms with Gasteiger partial charge in [0.1, 0.15) is 0 Å². The van der Waals surface area contributed by atoms with Crippen LogP contribution in [0, 0.1) is 0 Å². The Kier molecular flexibility index (Phi) is 2.63. The normalized spacial score (nSPS) is 10.4. The predicted molar refractivity (Wildman–Crippen MR) is 50.3 cm³/mol. The minimum Gasteiger partial charge on any atom is -0.460 e. The van der Waals surface area contributed by atoms with Gasteiger partial charge in [-0.05, 0) is 12.1 Å². The maximum atomic E-state index is 11.2. The van der Waals surface area contributed by atoms with E-state index in [9.17, 15) is 4.79 Å². The zero-order valence-corrected chi connectivity index (χ0v) is 8.75. The van der Waals surface area contributed by atoms with Crippen LogP contribution in [0.1, 0.15) is 17.5 Å². The molecule has 0 unspecified atom stereocenters. The molecule has 0 bridgehead atoms. The van der Waals surface area contributed by atoms with Crippen LogP contribution < -0.4 is 0 Å². The fraction of sp³-hybridized carbons (Fsp3) is 0.375. The first-order chi connectivity index (χ1) is 7.70. The molecule has 0 aliphatic carbocycles. The van der Waals surface area contributed by atoms with Crippen LogP contribution >= 0.6 is 0 Å². The highest BCUT2D eigenvalue weighted by Crippen LogP contribution is 2.12. The summed E-state index contributed by atoms with van der Waals surface area (Å²) < 4.78 is 9.57. The molecule has 2 aromatic rings. The van der Waals surface area contributed by atoms with Gasteiger partial charge in [-0.25, -0.2) is 4.79 Å². The number of aromatic nitrogens is 5. The molecule has 0 aromatic carbocycles. The molecule has 16 heavy (non-hydrogen) atoms. The fourth-order valence-corrected chi connectivity index (χ4v) is 1.05. The summed E-state index contributed by atoms with van der Waals surface area (Å²) in [7, 11) is 1.66. The molecule has 0 spiro atoms. The SMILES string of the molecule is CCOC(=O)c1noc(-c2cnn(C)n2)n1. The van der Waals surface area contributed by atoms with E-state index < -0.39 is 5.97 Å². The van der Waals surface area contributed by atoms with E-state index in [1.807, 2.05) is 0 Å². The van der Waals surface area contributed by atoms with Crippen molar-refractivity contribution in [1.29, 1.82) is 0 Å². The lowest BCUT2D eigenvalue weighted by Gasteiger charge is -1.93. The standard InChI is InChI=1S/C8H9N5O3/c1-3-15-8(14)6-10-7(16-12-6)5-4-9-13(2)11-5/h4H,3H2,1-2H3. The number of hydrogen-bond acceptors (Lipinski definition) is 7. The Labute approximate surface area is 90.2 Å². The molecule has 0 amide bonds. The number of carbonyl (C=O) groups is 1. The van der Waals surface area contributed by atoms with E-state index in [0.717, 1.165) is 0 Å². The van der Waals surface area contributed by atoms with Gasteiger partial charge in [0.15, 0.2) is 5.69 Å². The van der Waals surface area contributed by atoms with Gasteiger partial charge in [-0.3, -0.25) is 0 Å². The van der Waals surface area contributed by atoms with Gasteiger partial charge in [0.2, 0.25) is 0 Å². The van der Waals surface area contributed by atoms with Crippen LogP contribution in [0.25, 0.3) is 11.6 Å². The third-order valence-corrected chi connectivity index (χ3v) is 1.70. The lowest BCUT2D eigenvalue weighted by Crippen LogP contribution is -2.06. The van der Waals surface area contributed by atoms with E-state index in [1.54, 1.807) is 14.0 Å². The Bertz CT molecular complexity index is 503. The number of carbonyl (C=O) groups excluding carboxylic acids is 1. The Morgan fingerprint density at radius 3 is 3.06 bits per heavy atom. The van der Waals surface area contributed by atoms with E-state index in [0.29, 0.717) is 5.69 Å². The molecular formula is C8H9N5O3. The maximum absolute atomic E-state index is 11.2. The molecule has 0 atom stereocenters. The second kappa shape index (κ2) is 4.09. The first-order valence-corrected chi connectivity index (χ1v) is 4.58. The second-order valence-electron chi connectivity index (χ2n) is 2.86. The average molecular weight is 223 g/mol. The third kappa shape index (κ3) is 1.90. The highest BCUT2D eigenvalue weighted by molar-refractivity contribution is 5.85. The summed E-state index contributed by atoms with van der Waals surface area (Å²) in [6.45, 7) is 1.95. The lowest BCUT2D eigenvalue weighted by atomic mass is 10.5. The fourth-order valence-electron chi connectivity index (χ4n) is 1.05. The molecule has 0 saturated carbocycles. The van der Waals surface area contributed by atoms with Crippen molar-refractivity contribution >= 4 is 5.97 Å². The molecule has 0 aliphatic rings. The molecule has 0 saturated heterocycles. The first kappa shape index (κ1) is 10.3. The van der Waals surface area contributed by atoms with Crippen LogP contribution in [0.3, 0.4) is 0 Å². The monoisotopic (exact) mass is 223 g/mol. The van der Waals surface area contributed by atoms with Crippen molar-refractivity contribution in [3.8, 4) is 11.6 Å². The minimum atomic E-state index is -0.624. The van der Waals surface area contributed by atoms with E-state index in [4.69, 9.17) is 9.26 Å². The zero-order chi connectivity index (χ0) is 11.5. The smallest absolute Gasteiger partial charge is 0.379 e. The van der Waals surface area contributed by atoms with E-state index in [-0.39, 0.29) is 18.3 Å². The Balaban J connectivity index is 2.22. The number of aryl methyl sites for hydroxylation is 1. The van der Waals surface area contributed by atoms with Gasteiger partial charge in [-0.1, -0.05) is 0 Å². The maximum Gasteiger partial charge on any atom is 0.379 e. The summed E-state index contributed by atoms with van der Waals surface area (Å²) in [5.41, 5.74) is 0.408. The summed E-state index contributed by atoms with van der Waals surface area (Å²) >= 11 is 0. The number of ether oxygens (including phenoxy) is 1. The van der Waals surface area contributed by atoms with Crippen LogP contribution in [0.15, 0.2) is 10.7 Å². The lowest BCUT2D eigenvalue weighted by molar-refractivity contribution is 0.0508. The summed E-state index contributed by atoms with van der Waals surface area (Å²) in [4.78, 5) is 16.4. The van der Waals surface area contributed by atoms with Gasteiger partial charge in [-0.15, -0.1) is 5.10 Å². The van der Waals surface area contributed by atoms with Crippen molar-refractivity contribution in [2.75, 3.05) is 6.61 Å². The van der Waals surface area contributed by atoms with Crippen molar-refractivity contribution in [3.05, 3.63) is 12.0 Å². The molecule has 2 rings (SSSR count). The van der Waals surface area contributed by atoms with Crippen LogP contribution in [0.5, 0.6) is 0 Å². The summed E-state index contributed by atoms with van der Waals surface area (Å²) in [6, 6.07) is 0. The average Bonchev–Trinajstić information content (AvgIpc) is 2.85. The molecule has 2 aromatic heterocycles. The Morgan fingerprint density at radius 2 is 2.44 bits per heavy atom. The third-order valence-electron chi connectivity index (χ3n) is 1.70. The first-order valence-electron chi connectivity index (χ1n) is 4.58. The number of nitrogens with zero attached hydrogens (tertiary/aromatic N) is 5. The van der Waals surface area contributed by atoms with Crippen molar-refractivity contribution in [2.24, 2.45) is 7.05 Å². The number of hydrogen-bond donors (Lipinski definition) is 0. The van der Waals surface area contributed by atoms with Crippen molar-refractivity contribution in [3.63, 3.8) is 0 Å². The number of rotatable bonds is 3. The molecule has 0 fully saturated rings.